The van der Waals surface area contributed by atoms with E-state index >= 15 is 0 Å². The number of nitrogens with zero attached hydrogens (tertiary/aromatic N) is 3. The van der Waals surface area contributed by atoms with Crippen molar-refractivity contribution in [2.75, 3.05) is 32.8 Å². The SMILES string of the molecule is C=CCN(CCC)C(=O)[C@H]1[C@H]2C(=O)N(CCO)C(C(=O)N(CC=C)C(C)CCC)C23CC[C@]1(CC)O3. The number of carbonyl (C=O) groups excluding carboxylic acids is 3. The van der Waals surface area contributed by atoms with E-state index in [2.05, 4.69) is 20.1 Å². The van der Waals surface area contributed by atoms with Crippen LogP contribution in [0.25, 0.3) is 0 Å². The van der Waals surface area contributed by atoms with Crippen molar-refractivity contribution in [3.05, 3.63) is 25.3 Å². The number of amides is 3. The molecule has 1 spiro atoms. The standard InChI is InChI=1S/C28H45N3O5/c1-7-12-20(6)30(17-10-4)26(35)23-28-14-13-27(11-5,36-28)21(22(28)25(34)31(23)18-19-32)24(33)29(15-8-2)16-9-3/h8,10,20-23,32H,2,4,7,9,11-19H2,1,3,5-6H3/t20?,21-,22+,23?,27+,28?/m1/s1. The number of fused-ring (bicyclic) bond motifs is 1. The van der Waals surface area contributed by atoms with Gasteiger partial charge in [-0.3, -0.25) is 14.4 Å². The van der Waals surface area contributed by atoms with Gasteiger partial charge in [0.25, 0.3) is 0 Å². The summed E-state index contributed by atoms with van der Waals surface area (Å²) in [7, 11) is 0. The molecule has 0 aliphatic carbocycles. The third-order valence-electron chi connectivity index (χ3n) is 8.52. The number of aliphatic hydroxyl groups excluding tert-OH is 1. The molecule has 1 N–H and O–H groups in total. The topological polar surface area (TPSA) is 90.4 Å². The molecule has 8 nitrogen and oxygen atoms in total. The molecular weight excluding hydrogens is 458 g/mol. The van der Waals surface area contributed by atoms with Crippen molar-refractivity contribution in [2.45, 2.75) is 89.5 Å². The van der Waals surface area contributed by atoms with Gasteiger partial charge in [-0.05, 0) is 39.0 Å². The molecule has 6 atom stereocenters. The number of hydrogen-bond donors (Lipinski definition) is 1. The fourth-order valence-electron chi connectivity index (χ4n) is 6.99. The second kappa shape index (κ2) is 11.5. The van der Waals surface area contributed by atoms with E-state index in [0.29, 0.717) is 38.9 Å². The number of likely N-dealkylation sites (tertiary alicyclic amines) is 1. The molecule has 0 aromatic rings. The predicted molar refractivity (Wildman–Crippen MR) is 139 cm³/mol. The lowest BCUT2D eigenvalue weighted by molar-refractivity contribution is -0.156. The molecule has 3 fully saturated rings. The first-order valence-corrected chi connectivity index (χ1v) is 13.7. The highest BCUT2D eigenvalue weighted by Gasteiger charge is 2.79. The third-order valence-corrected chi connectivity index (χ3v) is 8.52. The average Bonchev–Trinajstić information content (AvgIpc) is 3.46. The molecule has 3 saturated heterocycles. The first kappa shape index (κ1) is 28.4. The van der Waals surface area contributed by atoms with E-state index in [4.69, 9.17) is 4.74 Å². The fraction of sp³-hybridized carbons (Fsp3) is 0.750. The Balaban J connectivity index is 2.10. The monoisotopic (exact) mass is 503 g/mol. The molecule has 3 aliphatic heterocycles. The first-order chi connectivity index (χ1) is 17.2. The van der Waals surface area contributed by atoms with Gasteiger partial charge in [-0.2, -0.15) is 0 Å². The molecule has 0 saturated carbocycles. The largest absolute Gasteiger partial charge is 0.395 e. The Morgan fingerprint density at radius 2 is 1.86 bits per heavy atom. The van der Waals surface area contributed by atoms with Crippen LogP contribution in [0.3, 0.4) is 0 Å². The van der Waals surface area contributed by atoms with Crippen molar-refractivity contribution in [1.29, 1.82) is 0 Å². The van der Waals surface area contributed by atoms with E-state index in [0.717, 1.165) is 19.3 Å². The average molecular weight is 504 g/mol. The van der Waals surface area contributed by atoms with Crippen LogP contribution in [-0.4, -0.2) is 93.6 Å². The van der Waals surface area contributed by atoms with Crippen LogP contribution in [0.15, 0.2) is 25.3 Å². The summed E-state index contributed by atoms with van der Waals surface area (Å²) < 4.78 is 6.82. The van der Waals surface area contributed by atoms with Gasteiger partial charge < -0.3 is 24.5 Å². The van der Waals surface area contributed by atoms with Crippen molar-refractivity contribution < 1.29 is 24.2 Å². The minimum Gasteiger partial charge on any atom is -0.395 e. The van der Waals surface area contributed by atoms with Crippen LogP contribution in [-0.2, 0) is 19.1 Å². The quantitative estimate of drug-likeness (QED) is 0.368. The summed E-state index contributed by atoms with van der Waals surface area (Å²) in [6.07, 6.45) is 7.70. The summed E-state index contributed by atoms with van der Waals surface area (Å²) in [5.74, 6) is -1.94. The highest BCUT2D eigenvalue weighted by atomic mass is 16.5. The van der Waals surface area contributed by atoms with Gasteiger partial charge in [0.1, 0.15) is 11.6 Å². The van der Waals surface area contributed by atoms with E-state index in [-0.39, 0.29) is 36.9 Å². The molecule has 3 unspecified atom stereocenters. The molecule has 8 heteroatoms. The second-order valence-electron chi connectivity index (χ2n) is 10.6. The lowest BCUT2D eigenvalue weighted by atomic mass is 9.64. The van der Waals surface area contributed by atoms with E-state index in [1.54, 1.807) is 22.0 Å². The molecule has 0 aromatic carbocycles. The molecule has 3 rings (SSSR count). The summed E-state index contributed by atoms with van der Waals surface area (Å²) >= 11 is 0. The van der Waals surface area contributed by atoms with Gasteiger partial charge in [-0.25, -0.2) is 0 Å². The third kappa shape index (κ3) is 4.40. The Morgan fingerprint density at radius 1 is 1.17 bits per heavy atom. The molecule has 3 amide bonds. The van der Waals surface area contributed by atoms with E-state index in [1.165, 1.54) is 4.90 Å². The van der Waals surface area contributed by atoms with Gasteiger partial charge >= 0.3 is 0 Å². The fourth-order valence-corrected chi connectivity index (χ4v) is 6.99. The zero-order valence-corrected chi connectivity index (χ0v) is 22.6. The van der Waals surface area contributed by atoms with Crippen LogP contribution in [0.1, 0.15) is 66.2 Å². The second-order valence-corrected chi connectivity index (χ2v) is 10.6. The van der Waals surface area contributed by atoms with Gasteiger partial charge in [-0.1, -0.05) is 39.3 Å². The highest BCUT2D eigenvalue weighted by molar-refractivity contribution is 5.99. The Labute approximate surface area is 216 Å². The summed E-state index contributed by atoms with van der Waals surface area (Å²) in [6.45, 7) is 16.9. The molecule has 202 valence electrons. The number of rotatable bonds is 14. The number of carbonyl (C=O) groups is 3. The summed E-state index contributed by atoms with van der Waals surface area (Å²) in [6, 6.07) is -0.905. The maximum absolute atomic E-state index is 14.2. The van der Waals surface area contributed by atoms with Crippen LogP contribution >= 0.6 is 0 Å². The predicted octanol–water partition coefficient (Wildman–Crippen LogP) is 2.76. The summed E-state index contributed by atoms with van der Waals surface area (Å²) in [5.41, 5.74) is -1.84. The minimum absolute atomic E-state index is 0.0340. The zero-order chi connectivity index (χ0) is 26.7. The number of hydrogen-bond acceptors (Lipinski definition) is 5. The molecule has 2 bridgehead atoms. The molecule has 3 aliphatic rings. The van der Waals surface area contributed by atoms with Gasteiger partial charge in [0.2, 0.25) is 17.7 Å². The van der Waals surface area contributed by atoms with Crippen molar-refractivity contribution >= 4 is 17.7 Å². The maximum atomic E-state index is 14.2. The zero-order valence-electron chi connectivity index (χ0n) is 22.6. The normalized spacial score (nSPS) is 31.3. The smallest absolute Gasteiger partial charge is 0.248 e. The summed E-state index contributed by atoms with van der Waals surface area (Å²) in [4.78, 5) is 47.3. The number of ether oxygens (including phenoxy) is 1. The van der Waals surface area contributed by atoms with Crippen LogP contribution in [0.5, 0.6) is 0 Å². The lowest BCUT2D eigenvalue weighted by Gasteiger charge is -2.38. The van der Waals surface area contributed by atoms with Crippen molar-refractivity contribution in [2.24, 2.45) is 11.8 Å². The van der Waals surface area contributed by atoms with Crippen molar-refractivity contribution in [1.82, 2.24) is 14.7 Å². The van der Waals surface area contributed by atoms with Crippen LogP contribution in [0.2, 0.25) is 0 Å². The molecule has 3 heterocycles. The van der Waals surface area contributed by atoms with Crippen molar-refractivity contribution in [3.8, 4) is 0 Å². The number of β-amino-alcohol motifs (C(OH)–C–C–N with tert-alkyl or cyclic N) is 1. The Morgan fingerprint density at radius 3 is 2.42 bits per heavy atom. The molecular formula is C28H45N3O5. The Kier molecular flexibility index (Phi) is 9.04. The highest BCUT2D eigenvalue weighted by Crippen LogP contribution is 2.64. The van der Waals surface area contributed by atoms with Crippen LogP contribution in [0, 0.1) is 11.8 Å². The minimum atomic E-state index is -1.07. The molecule has 0 aromatic heterocycles. The number of aliphatic hydroxyl groups is 1. The van der Waals surface area contributed by atoms with Crippen molar-refractivity contribution in [3.63, 3.8) is 0 Å². The van der Waals surface area contributed by atoms with Gasteiger partial charge in [-0.15, -0.1) is 13.2 Å². The molecule has 36 heavy (non-hydrogen) atoms. The van der Waals surface area contributed by atoms with E-state index in [1.807, 2.05) is 20.8 Å². The summed E-state index contributed by atoms with van der Waals surface area (Å²) in [5, 5.41) is 9.85. The Hall–Kier alpha value is -2.19. The van der Waals surface area contributed by atoms with Gasteiger partial charge in [0.05, 0.1) is 24.0 Å². The maximum Gasteiger partial charge on any atom is 0.248 e. The van der Waals surface area contributed by atoms with Crippen LogP contribution < -0.4 is 0 Å². The van der Waals surface area contributed by atoms with Gasteiger partial charge in [0, 0.05) is 32.2 Å². The van der Waals surface area contributed by atoms with Crippen LogP contribution in [0.4, 0.5) is 0 Å². The Bertz CT molecular complexity index is 862. The lowest BCUT2D eigenvalue weighted by Crippen LogP contribution is -2.58. The van der Waals surface area contributed by atoms with E-state index < -0.39 is 29.1 Å². The van der Waals surface area contributed by atoms with E-state index in [9.17, 15) is 19.5 Å². The molecule has 0 radical (unpaired) electrons. The first-order valence-electron chi connectivity index (χ1n) is 13.7. The van der Waals surface area contributed by atoms with Gasteiger partial charge in [0.15, 0.2) is 0 Å².